The zero-order valence-corrected chi connectivity index (χ0v) is 7.81. The fourth-order valence-corrected chi connectivity index (χ4v) is 0.406. The zero-order chi connectivity index (χ0) is 8.57. The molecule has 0 bridgehead atoms. The van der Waals surface area contributed by atoms with Gasteiger partial charge in [0.2, 0.25) is 0 Å². The Morgan fingerprint density at radius 3 is 1.90 bits per heavy atom. The van der Waals surface area contributed by atoms with E-state index in [0.29, 0.717) is 0 Å². The highest BCUT2D eigenvalue weighted by atomic mass is 16.3. The Bertz CT molecular complexity index is 78.7. The van der Waals surface area contributed by atoms with Gasteiger partial charge >= 0.3 is 0 Å². The van der Waals surface area contributed by atoms with Crippen LogP contribution in [0.2, 0.25) is 0 Å². The average molecular weight is 144 g/mol. The van der Waals surface area contributed by atoms with E-state index in [1.165, 1.54) is 5.57 Å². The highest BCUT2D eigenvalue weighted by Crippen LogP contribution is 1.95. The van der Waals surface area contributed by atoms with Crippen LogP contribution in [0.1, 0.15) is 41.0 Å². The summed E-state index contributed by atoms with van der Waals surface area (Å²) in [5.74, 6) is 0. The second-order valence-electron chi connectivity index (χ2n) is 2.37. The van der Waals surface area contributed by atoms with E-state index in [2.05, 4.69) is 0 Å². The van der Waals surface area contributed by atoms with Crippen LogP contribution in [0.5, 0.6) is 0 Å². The number of hydrogen-bond donors (Lipinski definition) is 1. The monoisotopic (exact) mass is 144 g/mol. The van der Waals surface area contributed by atoms with Crippen LogP contribution in [0.15, 0.2) is 11.6 Å². The summed E-state index contributed by atoms with van der Waals surface area (Å²) in [5, 5.41) is 8.76. The molecule has 0 aromatic rings. The number of hydrogen-bond acceptors (Lipinski definition) is 1. The number of aliphatic hydroxyl groups is 1. The van der Waals surface area contributed by atoms with Gasteiger partial charge in [-0.2, -0.15) is 0 Å². The van der Waals surface area contributed by atoms with Crippen LogP contribution in [-0.4, -0.2) is 11.2 Å². The molecular formula is C9H20O. The van der Waals surface area contributed by atoms with Gasteiger partial charge in [0, 0.05) is 0 Å². The predicted octanol–water partition coefficient (Wildman–Crippen LogP) is 2.75. The van der Waals surface area contributed by atoms with Crippen molar-refractivity contribution in [1.29, 1.82) is 0 Å². The molecule has 0 aliphatic heterocycles. The van der Waals surface area contributed by atoms with Gasteiger partial charge in [-0.1, -0.05) is 25.5 Å². The summed E-state index contributed by atoms with van der Waals surface area (Å²) < 4.78 is 0. The molecule has 0 aliphatic rings. The molecule has 1 unspecified atom stereocenters. The molecule has 0 fully saturated rings. The van der Waals surface area contributed by atoms with Gasteiger partial charge in [0.25, 0.3) is 0 Å². The molecule has 0 rings (SSSR count). The van der Waals surface area contributed by atoms with Gasteiger partial charge in [-0.05, 0) is 27.2 Å². The van der Waals surface area contributed by atoms with Crippen molar-refractivity contribution >= 4 is 0 Å². The molecule has 1 atom stereocenters. The molecule has 0 heterocycles. The highest BCUT2D eigenvalue weighted by molar-refractivity contribution is 4.93. The molecule has 62 valence electrons. The van der Waals surface area contributed by atoms with Crippen molar-refractivity contribution in [3.8, 4) is 0 Å². The van der Waals surface area contributed by atoms with E-state index in [-0.39, 0.29) is 6.10 Å². The topological polar surface area (TPSA) is 20.2 Å². The smallest absolute Gasteiger partial charge is 0.0546 e. The predicted molar refractivity (Wildman–Crippen MR) is 47.1 cm³/mol. The van der Waals surface area contributed by atoms with Crippen molar-refractivity contribution in [3.63, 3.8) is 0 Å². The quantitative estimate of drug-likeness (QED) is 0.591. The van der Waals surface area contributed by atoms with Crippen LogP contribution in [0.25, 0.3) is 0 Å². The average Bonchev–Trinajstić information content (AvgIpc) is 1.89. The van der Waals surface area contributed by atoms with Gasteiger partial charge in [0.05, 0.1) is 6.10 Å². The highest BCUT2D eigenvalue weighted by Gasteiger charge is 1.88. The summed E-state index contributed by atoms with van der Waals surface area (Å²) in [4.78, 5) is 0. The molecule has 10 heavy (non-hydrogen) atoms. The molecule has 0 radical (unpaired) electrons. The lowest BCUT2D eigenvalue weighted by Crippen LogP contribution is -1.95. The lowest BCUT2D eigenvalue weighted by molar-refractivity contribution is 0.198. The first-order chi connectivity index (χ1) is 4.63. The zero-order valence-electron chi connectivity index (χ0n) is 7.81. The third kappa shape index (κ3) is 15.6. The van der Waals surface area contributed by atoms with Crippen molar-refractivity contribution in [2.24, 2.45) is 0 Å². The van der Waals surface area contributed by atoms with E-state index >= 15 is 0 Å². The Morgan fingerprint density at radius 2 is 1.80 bits per heavy atom. The van der Waals surface area contributed by atoms with Crippen molar-refractivity contribution < 1.29 is 5.11 Å². The molecule has 0 saturated heterocycles. The minimum Gasteiger partial charge on any atom is -0.393 e. The maximum Gasteiger partial charge on any atom is 0.0546 e. The standard InChI is InChI=1S/C7H14O.C2H6/c1-6(2)4-5-7(3)8;1-2/h4,7-8H,5H2,1-3H3;1-2H3. The number of allylic oxidation sites excluding steroid dienone is 1. The van der Waals surface area contributed by atoms with Crippen LogP contribution in [0, 0.1) is 0 Å². The lowest BCUT2D eigenvalue weighted by atomic mass is 10.2. The van der Waals surface area contributed by atoms with Gasteiger partial charge in [0.15, 0.2) is 0 Å². The molecule has 0 saturated carbocycles. The van der Waals surface area contributed by atoms with Gasteiger partial charge in [0.1, 0.15) is 0 Å². The second kappa shape index (κ2) is 8.70. The van der Waals surface area contributed by atoms with Crippen LogP contribution >= 0.6 is 0 Å². The Kier molecular flexibility index (Phi) is 10.8. The van der Waals surface area contributed by atoms with Crippen molar-refractivity contribution in [2.45, 2.75) is 47.1 Å². The van der Waals surface area contributed by atoms with Crippen molar-refractivity contribution in [1.82, 2.24) is 0 Å². The summed E-state index contributed by atoms with van der Waals surface area (Å²) in [6.45, 7) is 9.85. The van der Waals surface area contributed by atoms with Crippen molar-refractivity contribution in [2.75, 3.05) is 0 Å². The summed E-state index contributed by atoms with van der Waals surface area (Å²) in [6.07, 6.45) is 2.62. The SMILES string of the molecule is CC.CC(C)=CCC(C)O. The first-order valence-corrected chi connectivity index (χ1v) is 3.94. The minimum atomic E-state index is -0.190. The third-order valence-corrected chi connectivity index (χ3v) is 0.867. The molecular weight excluding hydrogens is 124 g/mol. The summed E-state index contributed by atoms with van der Waals surface area (Å²) in [6, 6.07) is 0. The maximum absolute atomic E-state index is 8.76. The molecule has 0 amide bonds. The first-order valence-electron chi connectivity index (χ1n) is 3.94. The van der Waals surface area contributed by atoms with Crippen LogP contribution in [0.4, 0.5) is 0 Å². The third-order valence-electron chi connectivity index (χ3n) is 0.867. The van der Waals surface area contributed by atoms with Crippen LogP contribution in [-0.2, 0) is 0 Å². The van der Waals surface area contributed by atoms with E-state index in [1.807, 2.05) is 33.8 Å². The molecule has 1 nitrogen and oxygen atoms in total. The van der Waals surface area contributed by atoms with E-state index in [1.54, 1.807) is 6.92 Å². The van der Waals surface area contributed by atoms with Crippen LogP contribution in [0.3, 0.4) is 0 Å². The molecule has 0 aliphatic carbocycles. The second-order valence-corrected chi connectivity index (χ2v) is 2.37. The Morgan fingerprint density at radius 1 is 1.40 bits per heavy atom. The number of rotatable bonds is 2. The van der Waals surface area contributed by atoms with E-state index in [4.69, 9.17) is 5.11 Å². The van der Waals surface area contributed by atoms with E-state index in [9.17, 15) is 0 Å². The van der Waals surface area contributed by atoms with Crippen molar-refractivity contribution in [3.05, 3.63) is 11.6 Å². The normalized spacial score (nSPS) is 11.0. The molecule has 0 spiro atoms. The summed E-state index contributed by atoms with van der Waals surface area (Å²) in [5.41, 5.74) is 1.27. The fourth-order valence-electron chi connectivity index (χ4n) is 0.406. The summed E-state index contributed by atoms with van der Waals surface area (Å²) in [7, 11) is 0. The minimum absolute atomic E-state index is 0.190. The van der Waals surface area contributed by atoms with Gasteiger partial charge in [-0.25, -0.2) is 0 Å². The molecule has 0 aromatic heterocycles. The Hall–Kier alpha value is -0.300. The fraction of sp³-hybridized carbons (Fsp3) is 0.778. The lowest BCUT2D eigenvalue weighted by Gasteiger charge is -1.96. The molecule has 1 heteroatoms. The van der Waals surface area contributed by atoms with Gasteiger partial charge in [-0.15, -0.1) is 0 Å². The largest absolute Gasteiger partial charge is 0.393 e. The summed E-state index contributed by atoms with van der Waals surface area (Å²) >= 11 is 0. The van der Waals surface area contributed by atoms with E-state index < -0.39 is 0 Å². The Balaban J connectivity index is 0. The van der Waals surface area contributed by atoms with Gasteiger partial charge in [-0.3, -0.25) is 0 Å². The maximum atomic E-state index is 8.76. The van der Waals surface area contributed by atoms with Crippen LogP contribution < -0.4 is 0 Å². The molecule has 1 N–H and O–H groups in total. The first kappa shape index (κ1) is 12.4. The Labute approximate surface area is 64.8 Å². The number of aliphatic hydroxyl groups excluding tert-OH is 1. The van der Waals surface area contributed by atoms with E-state index in [0.717, 1.165) is 6.42 Å². The van der Waals surface area contributed by atoms with Gasteiger partial charge < -0.3 is 5.11 Å². The molecule has 0 aromatic carbocycles.